The minimum absolute atomic E-state index is 0.186. The van der Waals surface area contributed by atoms with Crippen LogP contribution in [0, 0.1) is 0 Å². The fourth-order valence-corrected chi connectivity index (χ4v) is 1.85. The summed E-state index contributed by atoms with van der Waals surface area (Å²) in [5.41, 5.74) is 0.483. The third-order valence-electron chi connectivity index (χ3n) is 2.60. The first-order chi connectivity index (χ1) is 8.42. The lowest BCUT2D eigenvalue weighted by molar-refractivity contribution is -0.139. The van der Waals surface area contributed by atoms with E-state index in [1.807, 2.05) is 0 Å². The largest absolute Gasteiger partial charge is 0.406 e. The van der Waals surface area contributed by atoms with E-state index in [0.29, 0.717) is 10.9 Å². The normalized spacial score (nSPS) is 12.0. The van der Waals surface area contributed by atoms with Crippen LogP contribution in [0.3, 0.4) is 0 Å². The molecule has 0 aliphatic rings. The van der Waals surface area contributed by atoms with Gasteiger partial charge in [0.05, 0.1) is 0 Å². The summed E-state index contributed by atoms with van der Waals surface area (Å²) in [6.07, 6.45) is -1.44. The second-order valence-corrected chi connectivity index (χ2v) is 3.94. The van der Waals surface area contributed by atoms with Gasteiger partial charge in [0.2, 0.25) is 0 Å². The number of Topliss-reactive ketones (excluding diaryl/α,β-unsaturated/α-hetero) is 1. The maximum Gasteiger partial charge on any atom is 0.406 e. The lowest BCUT2D eigenvalue weighted by atomic mass is 10.1. The van der Waals surface area contributed by atoms with Crippen LogP contribution in [-0.4, -0.2) is 21.5 Å². The Kier molecular flexibility index (Phi) is 3.11. The molecular weight excluding hydrogens is 245 g/mol. The van der Waals surface area contributed by atoms with Crippen molar-refractivity contribution in [2.24, 2.45) is 0 Å². The highest BCUT2D eigenvalue weighted by molar-refractivity contribution is 6.07. The minimum atomic E-state index is -4.34. The van der Waals surface area contributed by atoms with Crippen molar-refractivity contribution in [2.45, 2.75) is 26.1 Å². The van der Waals surface area contributed by atoms with Crippen LogP contribution in [0.25, 0.3) is 11.0 Å². The number of carbonyl (C=O) groups is 1. The van der Waals surface area contributed by atoms with Gasteiger partial charge in [-0.1, -0.05) is 6.92 Å². The number of aromatic nitrogens is 2. The van der Waals surface area contributed by atoms with Gasteiger partial charge in [0.15, 0.2) is 5.78 Å². The summed E-state index contributed by atoms with van der Waals surface area (Å²) in [5, 5.41) is 0.466. The Morgan fingerprint density at radius 2 is 2.17 bits per heavy atom. The molecule has 0 aromatic carbocycles. The number of ketones is 1. The quantitative estimate of drug-likeness (QED) is 0.790. The third kappa shape index (κ3) is 2.37. The number of carbonyl (C=O) groups excluding carboxylic acids is 1. The third-order valence-corrected chi connectivity index (χ3v) is 2.60. The Morgan fingerprint density at radius 1 is 1.44 bits per heavy atom. The summed E-state index contributed by atoms with van der Waals surface area (Å²) in [7, 11) is 0. The summed E-state index contributed by atoms with van der Waals surface area (Å²) >= 11 is 0. The highest BCUT2D eigenvalue weighted by Gasteiger charge is 2.29. The monoisotopic (exact) mass is 256 g/mol. The molecule has 0 saturated heterocycles. The van der Waals surface area contributed by atoms with Crippen LogP contribution < -0.4 is 0 Å². The number of halogens is 3. The molecule has 0 fully saturated rings. The van der Waals surface area contributed by atoms with E-state index in [-0.39, 0.29) is 17.9 Å². The Morgan fingerprint density at radius 3 is 2.78 bits per heavy atom. The molecule has 0 aliphatic heterocycles. The summed E-state index contributed by atoms with van der Waals surface area (Å²) < 4.78 is 38.3. The molecule has 0 N–H and O–H groups in total. The van der Waals surface area contributed by atoms with Crippen LogP contribution in [0.15, 0.2) is 24.5 Å². The maximum atomic E-state index is 12.4. The molecule has 0 saturated carbocycles. The zero-order valence-corrected chi connectivity index (χ0v) is 9.66. The van der Waals surface area contributed by atoms with Crippen LogP contribution >= 0.6 is 0 Å². The molecule has 18 heavy (non-hydrogen) atoms. The van der Waals surface area contributed by atoms with Crippen LogP contribution in [-0.2, 0) is 6.54 Å². The van der Waals surface area contributed by atoms with Gasteiger partial charge in [-0.15, -0.1) is 0 Å². The van der Waals surface area contributed by atoms with Gasteiger partial charge in [-0.2, -0.15) is 13.2 Å². The smallest absolute Gasteiger partial charge is 0.323 e. The number of hydrogen-bond donors (Lipinski definition) is 0. The number of nitrogens with zero attached hydrogens (tertiary/aromatic N) is 2. The number of alkyl halides is 3. The van der Waals surface area contributed by atoms with E-state index in [9.17, 15) is 18.0 Å². The predicted octanol–water partition coefficient (Wildman–Crippen LogP) is 3.19. The Hall–Kier alpha value is -1.85. The lowest BCUT2D eigenvalue weighted by Gasteiger charge is -2.07. The molecular formula is C12H11F3N2O. The van der Waals surface area contributed by atoms with Crippen molar-refractivity contribution in [1.82, 2.24) is 9.55 Å². The Labute approximate surface area is 101 Å². The molecule has 96 valence electrons. The van der Waals surface area contributed by atoms with E-state index >= 15 is 0 Å². The highest BCUT2D eigenvalue weighted by Crippen LogP contribution is 2.25. The number of rotatable bonds is 3. The molecule has 2 aromatic rings. The van der Waals surface area contributed by atoms with Crippen molar-refractivity contribution < 1.29 is 18.0 Å². The van der Waals surface area contributed by atoms with Crippen LogP contribution in [0.2, 0.25) is 0 Å². The SMILES string of the molecule is CCC(=O)c1cn(CC(F)(F)F)c2ncccc12. The zero-order valence-electron chi connectivity index (χ0n) is 9.66. The molecule has 0 aliphatic carbocycles. The van der Waals surface area contributed by atoms with Crippen LogP contribution in [0.1, 0.15) is 23.7 Å². The van der Waals surface area contributed by atoms with E-state index in [0.717, 1.165) is 4.57 Å². The fraction of sp³-hybridized carbons (Fsp3) is 0.333. The van der Waals surface area contributed by atoms with Crippen molar-refractivity contribution in [3.8, 4) is 0 Å². The first-order valence-corrected chi connectivity index (χ1v) is 5.46. The molecule has 0 amide bonds. The van der Waals surface area contributed by atoms with Gasteiger partial charge in [-0.05, 0) is 12.1 Å². The predicted molar refractivity (Wildman–Crippen MR) is 60.4 cm³/mol. The van der Waals surface area contributed by atoms with Gasteiger partial charge < -0.3 is 4.57 Å². The Balaban J connectivity index is 2.58. The molecule has 0 unspecified atom stereocenters. The first-order valence-electron chi connectivity index (χ1n) is 5.46. The van der Waals surface area contributed by atoms with Gasteiger partial charge in [0.25, 0.3) is 0 Å². The van der Waals surface area contributed by atoms with Crippen LogP contribution in [0.4, 0.5) is 13.2 Å². The zero-order chi connectivity index (χ0) is 13.3. The molecule has 3 nitrogen and oxygen atoms in total. The average Bonchev–Trinajstić information content (AvgIpc) is 2.65. The maximum absolute atomic E-state index is 12.4. The summed E-state index contributed by atoms with van der Waals surface area (Å²) in [6, 6.07) is 3.21. The van der Waals surface area contributed by atoms with Gasteiger partial charge in [0.1, 0.15) is 12.2 Å². The van der Waals surface area contributed by atoms with Crippen molar-refractivity contribution in [3.63, 3.8) is 0 Å². The fourth-order valence-electron chi connectivity index (χ4n) is 1.85. The lowest BCUT2D eigenvalue weighted by Crippen LogP contribution is -2.17. The van der Waals surface area contributed by atoms with Crippen LogP contribution in [0.5, 0.6) is 0 Å². The van der Waals surface area contributed by atoms with E-state index in [1.54, 1.807) is 19.1 Å². The van der Waals surface area contributed by atoms with Gasteiger partial charge >= 0.3 is 6.18 Å². The van der Waals surface area contributed by atoms with E-state index in [4.69, 9.17) is 0 Å². The number of pyridine rings is 1. The second kappa shape index (κ2) is 4.44. The Bertz CT molecular complexity index is 587. The van der Waals surface area contributed by atoms with E-state index in [2.05, 4.69) is 4.98 Å². The molecule has 0 atom stereocenters. The standard InChI is InChI=1S/C12H11F3N2O/c1-2-10(18)9-6-17(7-12(13,14)15)11-8(9)4-3-5-16-11/h3-6H,2,7H2,1H3. The summed E-state index contributed by atoms with van der Waals surface area (Å²) in [4.78, 5) is 15.6. The van der Waals surface area contributed by atoms with E-state index < -0.39 is 12.7 Å². The molecule has 0 spiro atoms. The summed E-state index contributed by atoms with van der Waals surface area (Å²) in [5.74, 6) is -0.186. The number of hydrogen-bond acceptors (Lipinski definition) is 2. The van der Waals surface area contributed by atoms with Crippen molar-refractivity contribution >= 4 is 16.8 Å². The number of fused-ring (bicyclic) bond motifs is 1. The van der Waals surface area contributed by atoms with Crippen molar-refractivity contribution in [2.75, 3.05) is 0 Å². The topological polar surface area (TPSA) is 34.9 Å². The highest BCUT2D eigenvalue weighted by atomic mass is 19.4. The molecule has 2 aromatic heterocycles. The van der Waals surface area contributed by atoms with Gasteiger partial charge in [-0.3, -0.25) is 4.79 Å². The summed E-state index contributed by atoms with van der Waals surface area (Å²) in [6.45, 7) is 0.531. The van der Waals surface area contributed by atoms with E-state index in [1.165, 1.54) is 12.4 Å². The minimum Gasteiger partial charge on any atom is -0.323 e. The molecule has 2 heterocycles. The van der Waals surface area contributed by atoms with Gasteiger partial charge in [0, 0.05) is 29.8 Å². The average molecular weight is 256 g/mol. The molecule has 0 radical (unpaired) electrons. The molecule has 2 rings (SSSR count). The second-order valence-electron chi connectivity index (χ2n) is 3.94. The molecule has 0 bridgehead atoms. The van der Waals surface area contributed by atoms with Gasteiger partial charge in [-0.25, -0.2) is 4.98 Å². The first kappa shape index (κ1) is 12.6. The molecule has 6 heteroatoms. The van der Waals surface area contributed by atoms with Crippen molar-refractivity contribution in [1.29, 1.82) is 0 Å². The van der Waals surface area contributed by atoms with Crippen molar-refractivity contribution in [3.05, 3.63) is 30.1 Å².